The van der Waals surface area contributed by atoms with Crippen LogP contribution in [0.1, 0.15) is 12.8 Å². The highest BCUT2D eigenvalue weighted by molar-refractivity contribution is 4.86. The molecule has 0 amide bonds. The summed E-state index contributed by atoms with van der Waals surface area (Å²) in [6, 6.07) is 0. The van der Waals surface area contributed by atoms with Crippen LogP contribution in [0.4, 0.5) is 0 Å². The van der Waals surface area contributed by atoms with Gasteiger partial charge in [0.25, 0.3) is 0 Å². The number of nitrogens with two attached hydrogens (primary N) is 1. The first-order valence-corrected chi connectivity index (χ1v) is 4.32. The van der Waals surface area contributed by atoms with E-state index in [9.17, 15) is 0 Å². The second-order valence-electron chi connectivity index (χ2n) is 3.63. The molecule has 2 N–H and O–H groups in total. The Labute approximate surface area is 62.4 Å². The summed E-state index contributed by atoms with van der Waals surface area (Å²) in [5, 5.41) is 0. The maximum absolute atomic E-state index is 5.66. The summed E-state index contributed by atoms with van der Waals surface area (Å²) >= 11 is 0. The van der Waals surface area contributed by atoms with Crippen molar-refractivity contribution in [1.82, 2.24) is 4.90 Å². The van der Waals surface area contributed by atoms with Crippen molar-refractivity contribution in [3.05, 3.63) is 0 Å². The summed E-state index contributed by atoms with van der Waals surface area (Å²) in [5.74, 6) is 1.79. The second kappa shape index (κ2) is 2.51. The van der Waals surface area contributed by atoms with Crippen LogP contribution in [0, 0.1) is 11.8 Å². The quantitative estimate of drug-likeness (QED) is 0.567. The van der Waals surface area contributed by atoms with Crippen molar-refractivity contribution in [2.24, 2.45) is 17.6 Å². The summed E-state index contributed by atoms with van der Waals surface area (Å²) in [4.78, 5) is 2.55. The monoisotopic (exact) mass is 140 g/mol. The third-order valence-corrected chi connectivity index (χ3v) is 3.09. The summed E-state index contributed by atoms with van der Waals surface area (Å²) in [5.41, 5.74) is 5.66. The molecule has 0 aliphatic carbocycles. The minimum atomic E-state index is 0.822. The van der Waals surface area contributed by atoms with Gasteiger partial charge in [0, 0.05) is 6.54 Å². The molecule has 3 aliphatic heterocycles. The van der Waals surface area contributed by atoms with E-state index in [1.54, 1.807) is 0 Å². The van der Waals surface area contributed by atoms with Crippen molar-refractivity contribution >= 4 is 0 Å². The van der Waals surface area contributed by atoms with Crippen molar-refractivity contribution in [1.29, 1.82) is 0 Å². The van der Waals surface area contributed by atoms with Gasteiger partial charge in [-0.15, -0.1) is 0 Å². The average Bonchev–Trinajstić information content (AvgIpc) is 2.06. The third-order valence-electron chi connectivity index (χ3n) is 3.09. The minimum Gasteiger partial charge on any atom is -0.330 e. The molecule has 0 aromatic rings. The van der Waals surface area contributed by atoms with Gasteiger partial charge in [-0.05, 0) is 44.3 Å². The van der Waals surface area contributed by atoms with Gasteiger partial charge in [-0.1, -0.05) is 0 Å². The Kier molecular flexibility index (Phi) is 1.66. The highest BCUT2D eigenvalue weighted by Crippen LogP contribution is 2.31. The topological polar surface area (TPSA) is 29.3 Å². The molecule has 0 aromatic carbocycles. The molecule has 2 nitrogen and oxygen atoms in total. The van der Waals surface area contributed by atoms with Gasteiger partial charge in [-0.3, -0.25) is 0 Å². The maximum atomic E-state index is 5.66. The zero-order chi connectivity index (χ0) is 6.97. The third kappa shape index (κ3) is 0.956. The summed E-state index contributed by atoms with van der Waals surface area (Å²) < 4.78 is 0. The highest BCUT2D eigenvalue weighted by atomic mass is 15.1. The van der Waals surface area contributed by atoms with Gasteiger partial charge in [0.15, 0.2) is 0 Å². The zero-order valence-electron chi connectivity index (χ0n) is 6.42. The van der Waals surface area contributed by atoms with Crippen molar-refractivity contribution in [3.63, 3.8) is 0 Å². The molecule has 0 saturated carbocycles. The summed E-state index contributed by atoms with van der Waals surface area (Å²) in [7, 11) is 0. The van der Waals surface area contributed by atoms with E-state index in [-0.39, 0.29) is 0 Å². The number of nitrogens with zero attached hydrogens (tertiary/aromatic N) is 1. The highest BCUT2D eigenvalue weighted by Gasteiger charge is 2.32. The predicted octanol–water partition coefficient (Wildman–Crippen LogP) is 0.287. The van der Waals surface area contributed by atoms with Crippen LogP contribution < -0.4 is 5.73 Å². The molecular weight excluding hydrogens is 124 g/mol. The molecule has 1 atom stereocenters. The Hall–Kier alpha value is -0.0800. The van der Waals surface area contributed by atoms with E-state index in [4.69, 9.17) is 5.73 Å². The Bertz CT molecular complexity index is 116. The van der Waals surface area contributed by atoms with Crippen LogP contribution >= 0.6 is 0 Å². The number of hydrogen-bond donors (Lipinski definition) is 1. The minimum absolute atomic E-state index is 0.822. The molecule has 0 spiro atoms. The molecule has 3 aliphatic rings. The van der Waals surface area contributed by atoms with Gasteiger partial charge < -0.3 is 10.6 Å². The number of piperidine rings is 3. The van der Waals surface area contributed by atoms with Gasteiger partial charge in [-0.25, -0.2) is 0 Å². The molecule has 10 heavy (non-hydrogen) atoms. The van der Waals surface area contributed by atoms with E-state index in [2.05, 4.69) is 4.90 Å². The van der Waals surface area contributed by atoms with Crippen molar-refractivity contribution in [3.8, 4) is 0 Å². The van der Waals surface area contributed by atoms with Gasteiger partial charge >= 0.3 is 0 Å². The second-order valence-corrected chi connectivity index (χ2v) is 3.63. The van der Waals surface area contributed by atoms with Crippen molar-refractivity contribution < 1.29 is 0 Å². The largest absolute Gasteiger partial charge is 0.330 e. The van der Waals surface area contributed by atoms with Crippen LogP contribution in [0.2, 0.25) is 0 Å². The lowest BCUT2D eigenvalue weighted by atomic mass is 9.79. The fraction of sp³-hybridized carbons (Fsp3) is 1.00. The molecule has 3 fully saturated rings. The molecule has 58 valence electrons. The van der Waals surface area contributed by atoms with Gasteiger partial charge in [-0.2, -0.15) is 0 Å². The first-order valence-electron chi connectivity index (χ1n) is 4.32. The molecule has 1 unspecified atom stereocenters. The fourth-order valence-corrected chi connectivity index (χ4v) is 2.35. The number of rotatable bonds is 1. The molecule has 0 aromatic heterocycles. The van der Waals surface area contributed by atoms with Crippen LogP contribution in [0.3, 0.4) is 0 Å². The lowest BCUT2D eigenvalue weighted by molar-refractivity contribution is 0.0554. The lowest BCUT2D eigenvalue weighted by Crippen LogP contribution is -2.49. The maximum Gasteiger partial charge on any atom is 0.00244 e. The first kappa shape index (κ1) is 6.62. The first-order chi connectivity index (χ1) is 4.90. The van der Waals surface area contributed by atoms with Gasteiger partial charge in [0.1, 0.15) is 0 Å². The predicted molar refractivity (Wildman–Crippen MR) is 41.7 cm³/mol. The van der Waals surface area contributed by atoms with Gasteiger partial charge in [0.05, 0.1) is 0 Å². The Morgan fingerprint density at radius 2 is 2.00 bits per heavy atom. The van der Waals surface area contributed by atoms with Crippen LogP contribution in [-0.2, 0) is 0 Å². The van der Waals surface area contributed by atoms with Crippen molar-refractivity contribution in [2.45, 2.75) is 12.8 Å². The number of fused-ring (bicyclic) bond motifs is 3. The summed E-state index contributed by atoms with van der Waals surface area (Å²) in [6.07, 6.45) is 2.81. The molecular formula is C8H16N2. The molecule has 3 rings (SSSR count). The van der Waals surface area contributed by atoms with E-state index in [1.165, 1.54) is 32.5 Å². The van der Waals surface area contributed by atoms with Crippen LogP contribution in [-0.4, -0.2) is 31.1 Å². The van der Waals surface area contributed by atoms with Gasteiger partial charge in [0.2, 0.25) is 0 Å². The fourth-order valence-electron chi connectivity index (χ4n) is 2.35. The molecule has 2 bridgehead atoms. The molecule has 3 heterocycles. The average molecular weight is 140 g/mol. The molecule has 0 radical (unpaired) electrons. The Morgan fingerprint density at radius 1 is 1.30 bits per heavy atom. The van der Waals surface area contributed by atoms with Crippen molar-refractivity contribution in [2.75, 3.05) is 26.2 Å². The van der Waals surface area contributed by atoms with E-state index < -0.39 is 0 Å². The molecule has 2 heteroatoms. The lowest BCUT2D eigenvalue weighted by Gasteiger charge is -2.44. The smallest absolute Gasteiger partial charge is 0.00244 e. The van der Waals surface area contributed by atoms with E-state index in [1.807, 2.05) is 0 Å². The molecule has 3 saturated heterocycles. The SMILES string of the molecule is NCC1CN2CCC1CC2. The normalized spacial score (nSPS) is 45.9. The standard InChI is InChI=1S/C8H16N2/c9-5-8-6-10-3-1-7(8)2-4-10/h7-8H,1-6,9H2. The van der Waals surface area contributed by atoms with Crippen LogP contribution in [0.15, 0.2) is 0 Å². The summed E-state index contributed by atoms with van der Waals surface area (Å²) in [6.45, 7) is 4.85. The van der Waals surface area contributed by atoms with E-state index >= 15 is 0 Å². The number of hydrogen-bond acceptors (Lipinski definition) is 2. The van der Waals surface area contributed by atoms with E-state index in [0.717, 1.165) is 18.4 Å². The van der Waals surface area contributed by atoms with E-state index in [0.29, 0.717) is 0 Å². The van der Waals surface area contributed by atoms with Crippen LogP contribution in [0.5, 0.6) is 0 Å². The Balaban J connectivity index is 2.01. The van der Waals surface area contributed by atoms with Crippen LogP contribution in [0.25, 0.3) is 0 Å². The Morgan fingerprint density at radius 3 is 2.30 bits per heavy atom. The zero-order valence-corrected chi connectivity index (χ0v) is 6.42.